The standard InChI is InChI=1S/C47H66N6O12.C24H35N3O6.C2H5N3/c1-32(54)62-28-34-24-52(44(58)15-17-48-46(60)64-30-42-38-11-7-3-4-8-12-39(38)42)21-19-50(34)26-36(56)23-37(57)27-51-20-22-53(25-35(51)29-63-33(2)55)45(59)16-18-49-47(61)65-31-43-40-13-9-5-6-10-14-41(40)43;1-17(28)13-26-11-12-27(14-19(26)15-32-18(2)29)23(30)9-10-25-24(31)33-16-22-20-7-5-3-4-6-8-21(20)22;1-2-4-5-3/h34-35,38-43H,7-31H2,1-2H3,(H,48,60)(H,49,61);19-22H,5-16H2,1-2H3,(H,25,31);2H2,1H3/t34?,35?,38-,39+,40-,41+,42?,43?;19?,20-,21+,22?;. The lowest BCUT2D eigenvalue weighted by atomic mass is 10.1. The van der Waals surface area contributed by atoms with Gasteiger partial charge >= 0.3 is 36.2 Å². The van der Waals surface area contributed by atoms with Crippen molar-refractivity contribution in [3.63, 3.8) is 0 Å². The highest BCUT2D eigenvalue weighted by atomic mass is 16.6. The van der Waals surface area contributed by atoms with Crippen molar-refractivity contribution in [3.8, 4) is 35.5 Å². The summed E-state index contributed by atoms with van der Waals surface area (Å²) in [5.41, 5.74) is 7.52. The van der Waals surface area contributed by atoms with Crippen LogP contribution in [0.25, 0.3) is 10.4 Å². The molecular weight excluding hydrogens is 1330 g/mol. The van der Waals surface area contributed by atoms with Gasteiger partial charge in [-0.2, -0.15) is 0 Å². The van der Waals surface area contributed by atoms with Crippen molar-refractivity contribution in [2.45, 2.75) is 155 Å². The smallest absolute Gasteiger partial charge is 0.407 e. The Labute approximate surface area is 604 Å². The molecule has 6 fully saturated rings. The molecule has 3 saturated heterocycles. The lowest BCUT2D eigenvalue weighted by Crippen LogP contribution is -2.58. The van der Waals surface area contributed by atoms with Crippen molar-refractivity contribution in [1.82, 2.24) is 45.3 Å². The summed E-state index contributed by atoms with van der Waals surface area (Å²) in [5, 5.41) is 11.2. The predicted octanol–water partition coefficient (Wildman–Crippen LogP) is 4.30. The molecule has 6 aliphatic carbocycles. The molecule has 0 radical (unpaired) electrons. The molecule has 0 aromatic rings. The largest absolute Gasteiger partial charge is 0.464 e. The molecule has 566 valence electrons. The van der Waals surface area contributed by atoms with Crippen molar-refractivity contribution >= 4 is 71.3 Å². The van der Waals surface area contributed by atoms with Crippen LogP contribution in [0, 0.1) is 88.8 Å². The van der Waals surface area contributed by atoms with Crippen molar-refractivity contribution in [1.29, 1.82) is 0 Å². The number of nitrogens with zero attached hydrogens (tertiary/aromatic N) is 9. The minimum absolute atomic E-state index is 0.0233. The first-order valence-corrected chi connectivity index (χ1v) is 36.7. The number of ether oxygens (including phenoxy) is 6. The molecule has 0 aromatic heterocycles. The first-order chi connectivity index (χ1) is 49.6. The lowest BCUT2D eigenvalue weighted by molar-refractivity contribution is -0.147. The van der Waals surface area contributed by atoms with E-state index in [1.165, 1.54) is 27.7 Å². The molecule has 3 N–H and O–H groups in total. The Kier molecular flexibility index (Phi) is 34.1. The summed E-state index contributed by atoms with van der Waals surface area (Å²) < 4.78 is 32.0. The molecule has 0 aromatic carbocycles. The Bertz CT molecular complexity index is 3040. The van der Waals surface area contributed by atoms with E-state index in [0.717, 1.165) is 77.0 Å². The average Bonchev–Trinajstić information content (AvgIpc) is 1.64. The third kappa shape index (κ3) is 28.6. The van der Waals surface area contributed by atoms with E-state index in [4.69, 9.17) is 34.0 Å². The second-order valence-corrected chi connectivity index (χ2v) is 27.9. The summed E-state index contributed by atoms with van der Waals surface area (Å²) in [6, 6.07) is -1.22. The highest BCUT2D eigenvalue weighted by Gasteiger charge is 2.51. The molecule has 9 rings (SSSR count). The SMILES string of the molecule is CC(=O)CN1CCN(C(=O)CCNC(=O)OCC2[C@H]3CCC#CCC[C@@H]23)CC1COC(C)=O.CC(=O)OCC1CN(C(=O)CCNC(=O)OCC2[C@H]3CCC#CCC[C@@H]23)CCN1CC(=O)CC(=O)CN1CCN(C(=O)CCNC(=O)OCC2[C@H]3CCC#CCC[C@@H]23)CC1COC(C)=O.CCN=[N+]=[N-]. The summed E-state index contributed by atoms with van der Waals surface area (Å²) in [5.74, 6) is 21.1. The highest BCUT2D eigenvalue weighted by molar-refractivity contribution is 6.01. The van der Waals surface area contributed by atoms with Crippen molar-refractivity contribution in [3.05, 3.63) is 10.4 Å². The highest BCUT2D eigenvalue weighted by Crippen LogP contribution is 2.54. The van der Waals surface area contributed by atoms with Gasteiger partial charge in [-0.15, -0.1) is 35.5 Å². The van der Waals surface area contributed by atoms with E-state index in [1.54, 1.807) is 21.6 Å². The zero-order chi connectivity index (χ0) is 74.2. The van der Waals surface area contributed by atoms with E-state index < -0.39 is 48.3 Å². The van der Waals surface area contributed by atoms with Gasteiger partial charge in [0.05, 0.1) is 64.0 Å². The summed E-state index contributed by atoms with van der Waals surface area (Å²) >= 11 is 0. The minimum atomic E-state index is -0.556. The van der Waals surface area contributed by atoms with E-state index in [1.807, 2.05) is 14.7 Å². The van der Waals surface area contributed by atoms with Gasteiger partial charge in [0.15, 0.2) is 11.6 Å². The van der Waals surface area contributed by atoms with E-state index in [9.17, 15) is 57.5 Å². The number of azide groups is 1. The van der Waals surface area contributed by atoms with Gasteiger partial charge < -0.3 is 59.1 Å². The van der Waals surface area contributed by atoms with Crippen LogP contribution in [0.3, 0.4) is 0 Å². The fraction of sp³-hybridized carbons (Fsp3) is 0.753. The maximum absolute atomic E-state index is 13.3. The van der Waals surface area contributed by atoms with Crippen LogP contribution < -0.4 is 16.0 Å². The average molecular weight is 1440 g/mol. The number of rotatable bonds is 30. The van der Waals surface area contributed by atoms with Gasteiger partial charge in [0.2, 0.25) is 17.7 Å². The number of fused-ring (bicyclic) bond motifs is 3. The molecule has 6 unspecified atom stereocenters. The Balaban J connectivity index is 0.000000325. The molecule has 3 saturated carbocycles. The Morgan fingerprint density at radius 1 is 0.408 bits per heavy atom. The third-order valence-electron chi connectivity index (χ3n) is 20.7. The molecule has 9 aliphatic rings. The third-order valence-corrected chi connectivity index (χ3v) is 20.7. The molecule has 6 amide bonds. The van der Waals surface area contributed by atoms with Gasteiger partial charge in [0, 0.05) is 169 Å². The summed E-state index contributed by atoms with van der Waals surface area (Å²) in [7, 11) is 0. The molecule has 12 atom stereocenters. The van der Waals surface area contributed by atoms with Gasteiger partial charge in [-0.3, -0.25) is 57.9 Å². The van der Waals surface area contributed by atoms with Crippen LogP contribution in [0.5, 0.6) is 0 Å². The van der Waals surface area contributed by atoms with Crippen LogP contribution in [0.15, 0.2) is 5.11 Å². The number of carbonyl (C=O) groups is 12. The Morgan fingerprint density at radius 2 is 0.689 bits per heavy atom. The van der Waals surface area contributed by atoms with E-state index >= 15 is 0 Å². The van der Waals surface area contributed by atoms with Crippen LogP contribution >= 0.6 is 0 Å². The number of hydrogen-bond donors (Lipinski definition) is 3. The summed E-state index contributed by atoms with van der Waals surface area (Å²) in [4.78, 5) is 162. The van der Waals surface area contributed by atoms with Gasteiger partial charge in [-0.1, -0.05) is 12.0 Å². The molecular formula is C73H106N12O18. The van der Waals surface area contributed by atoms with Crippen molar-refractivity contribution in [2.24, 2.45) is 58.4 Å². The zero-order valence-electron chi connectivity index (χ0n) is 60.7. The van der Waals surface area contributed by atoms with E-state index in [0.29, 0.717) is 125 Å². The van der Waals surface area contributed by atoms with Crippen LogP contribution in [-0.2, 0) is 71.6 Å². The topological polar surface area (TPSA) is 365 Å². The van der Waals surface area contributed by atoms with Gasteiger partial charge in [0.25, 0.3) is 0 Å². The number of hydrogen-bond acceptors (Lipinski definition) is 22. The van der Waals surface area contributed by atoms with Crippen LogP contribution in [-0.4, -0.2) is 263 Å². The number of carbonyl (C=O) groups excluding carboxylic acids is 12. The molecule has 30 heteroatoms. The van der Waals surface area contributed by atoms with Crippen molar-refractivity contribution in [2.75, 3.05) is 144 Å². The number of alkyl carbamates (subject to hydrolysis) is 3. The minimum Gasteiger partial charge on any atom is -0.464 e. The second kappa shape index (κ2) is 42.9. The number of nitrogens with one attached hydrogen (secondary N) is 3. The summed E-state index contributed by atoms with van der Waals surface area (Å²) in [6.07, 6.45) is 9.96. The number of ketones is 3. The second-order valence-electron chi connectivity index (χ2n) is 27.9. The van der Waals surface area contributed by atoms with Crippen LogP contribution in [0.1, 0.15) is 137 Å². The maximum atomic E-state index is 13.3. The quantitative estimate of drug-likeness (QED) is 0.0172. The normalized spacial score (nSPS) is 25.9. The summed E-state index contributed by atoms with van der Waals surface area (Å²) in [6.45, 7) is 12.3. The first kappa shape index (κ1) is 81.8. The van der Waals surface area contributed by atoms with Gasteiger partial charge in [-0.05, 0) is 104 Å². The molecule has 0 bridgehead atoms. The molecule has 3 aliphatic heterocycles. The Hall–Kier alpha value is -8.49. The van der Waals surface area contributed by atoms with E-state index in [2.05, 4.69) is 61.5 Å². The number of piperazine rings is 3. The van der Waals surface area contributed by atoms with Crippen molar-refractivity contribution < 1.29 is 86.0 Å². The van der Waals surface area contributed by atoms with Gasteiger partial charge in [-0.25, -0.2) is 14.4 Å². The molecule has 0 spiro atoms. The van der Waals surface area contributed by atoms with E-state index in [-0.39, 0.29) is 139 Å². The number of amides is 6. The number of esters is 3. The first-order valence-electron chi connectivity index (χ1n) is 36.7. The maximum Gasteiger partial charge on any atom is 0.407 e. The Morgan fingerprint density at radius 3 is 0.932 bits per heavy atom. The zero-order valence-corrected chi connectivity index (χ0v) is 60.7. The fourth-order valence-electron chi connectivity index (χ4n) is 15.0. The van der Waals surface area contributed by atoms with Crippen LogP contribution in [0.2, 0.25) is 0 Å². The number of Topliss-reactive ketones (excluding diaryl/α,β-unsaturated/α-hetero) is 3. The molecule has 103 heavy (non-hydrogen) atoms. The molecule has 3 heterocycles. The monoisotopic (exact) mass is 1440 g/mol. The molecule has 30 nitrogen and oxygen atoms in total. The van der Waals surface area contributed by atoms with Gasteiger partial charge in [0.1, 0.15) is 25.6 Å². The predicted molar refractivity (Wildman–Crippen MR) is 373 cm³/mol. The van der Waals surface area contributed by atoms with Crippen LogP contribution in [0.4, 0.5) is 14.4 Å². The fourth-order valence-corrected chi connectivity index (χ4v) is 15.0. The lowest BCUT2D eigenvalue weighted by Gasteiger charge is -2.41.